The maximum atomic E-state index is 6.01. The molecular formula is C15H24ClNS. The van der Waals surface area contributed by atoms with Crippen LogP contribution in [0.5, 0.6) is 0 Å². The summed E-state index contributed by atoms with van der Waals surface area (Å²) in [4.78, 5) is 1.46. The molecular weight excluding hydrogens is 262 g/mol. The first-order chi connectivity index (χ1) is 8.78. The highest BCUT2D eigenvalue weighted by molar-refractivity contribution is 7.16. The van der Waals surface area contributed by atoms with Gasteiger partial charge in [-0.15, -0.1) is 11.3 Å². The number of nitrogens with one attached hydrogen (secondary N) is 1. The molecule has 0 aliphatic heterocycles. The highest BCUT2D eigenvalue weighted by atomic mass is 35.5. The number of hydrogen-bond donors (Lipinski definition) is 1. The summed E-state index contributed by atoms with van der Waals surface area (Å²) in [5, 5.41) is 3.71. The van der Waals surface area contributed by atoms with E-state index in [9.17, 15) is 0 Å². The molecule has 1 N–H and O–H groups in total. The molecule has 1 aromatic rings. The van der Waals surface area contributed by atoms with Gasteiger partial charge in [0.25, 0.3) is 0 Å². The van der Waals surface area contributed by atoms with Crippen molar-refractivity contribution >= 4 is 22.9 Å². The third-order valence-electron chi connectivity index (χ3n) is 3.83. The van der Waals surface area contributed by atoms with Gasteiger partial charge in [-0.3, -0.25) is 0 Å². The van der Waals surface area contributed by atoms with Crippen molar-refractivity contribution in [3.63, 3.8) is 0 Å². The second kappa shape index (κ2) is 7.52. The predicted octanol–water partition coefficient (Wildman–Crippen LogP) is 4.89. The first kappa shape index (κ1) is 14.4. The first-order valence-corrected chi connectivity index (χ1v) is 8.45. The molecule has 0 amide bonds. The maximum absolute atomic E-state index is 6.01. The van der Waals surface area contributed by atoms with Gasteiger partial charge in [0, 0.05) is 10.9 Å². The van der Waals surface area contributed by atoms with Crippen LogP contribution in [-0.2, 0) is 6.42 Å². The maximum Gasteiger partial charge on any atom is 0.0931 e. The van der Waals surface area contributed by atoms with E-state index >= 15 is 0 Å². The third-order valence-corrected chi connectivity index (χ3v) is 5.09. The highest BCUT2D eigenvalue weighted by Gasteiger charge is 2.20. The van der Waals surface area contributed by atoms with Crippen LogP contribution >= 0.6 is 22.9 Å². The Balaban J connectivity index is 1.86. The van der Waals surface area contributed by atoms with Crippen LogP contribution in [-0.4, -0.2) is 12.6 Å². The average Bonchev–Trinajstić information content (AvgIpc) is 2.63. The van der Waals surface area contributed by atoms with Gasteiger partial charge in [-0.05, 0) is 50.3 Å². The standard InChI is InChI=1S/C15H24ClNS/c1-2-9-17-13-6-4-3-5-12(10-13)11-14-7-8-15(16)18-14/h7-8,12-13,17H,2-6,9-11H2,1H3. The zero-order chi connectivity index (χ0) is 12.8. The molecule has 0 spiro atoms. The van der Waals surface area contributed by atoms with Gasteiger partial charge in [0.05, 0.1) is 4.34 Å². The molecule has 0 saturated heterocycles. The molecule has 0 aromatic carbocycles. The summed E-state index contributed by atoms with van der Waals surface area (Å²) in [5.41, 5.74) is 0. The molecule has 1 saturated carbocycles. The van der Waals surface area contributed by atoms with Crippen LogP contribution in [0, 0.1) is 5.92 Å². The molecule has 1 aliphatic rings. The zero-order valence-corrected chi connectivity index (χ0v) is 12.8. The minimum atomic E-state index is 0.743. The number of halogens is 1. The van der Waals surface area contributed by atoms with E-state index in [0.717, 1.165) is 16.3 Å². The van der Waals surface area contributed by atoms with E-state index in [-0.39, 0.29) is 0 Å². The van der Waals surface area contributed by atoms with Gasteiger partial charge in [0.15, 0.2) is 0 Å². The summed E-state index contributed by atoms with van der Waals surface area (Å²) < 4.78 is 0.930. The van der Waals surface area contributed by atoms with Gasteiger partial charge >= 0.3 is 0 Å². The fraction of sp³-hybridized carbons (Fsp3) is 0.733. The molecule has 0 bridgehead atoms. The van der Waals surface area contributed by atoms with Crippen LogP contribution in [0.4, 0.5) is 0 Å². The monoisotopic (exact) mass is 285 g/mol. The molecule has 1 fully saturated rings. The van der Waals surface area contributed by atoms with E-state index in [0.29, 0.717) is 0 Å². The van der Waals surface area contributed by atoms with E-state index in [1.807, 2.05) is 6.07 Å². The van der Waals surface area contributed by atoms with Gasteiger partial charge in [0.2, 0.25) is 0 Å². The quantitative estimate of drug-likeness (QED) is 0.759. The summed E-state index contributed by atoms with van der Waals surface area (Å²) in [6.45, 7) is 3.41. The molecule has 18 heavy (non-hydrogen) atoms. The summed E-state index contributed by atoms with van der Waals surface area (Å²) in [6.07, 6.45) is 9.34. The molecule has 1 aliphatic carbocycles. The minimum Gasteiger partial charge on any atom is -0.314 e. The Labute approximate surface area is 120 Å². The first-order valence-electron chi connectivity index (χ1n) is 7.25. The fourth-order valence-corrected chi connectivity index (χ4v) is 4.13. The summed E-state index contributed by atoms with van der Waals surface area (Å²) in [7, 11) is 0. The van der Waals surface area contributed by atoms with Crippen LogP contribution in [0.25, 0.3) is 0 Å². The lowest BCUT2D eigenvalue weighted by atomic mass is 9.94. The minimum absolute atomic E-state index is 0.743. The van der Waals surface area contributed by atoms with Crippen molar-refractivity contribution < 1.29 is 0 Å². The number of hydrogen-bond acceptors (Lipinski definition) is 2. The smallest absolute Gasteiger partial charge is 0.0931 e. The number of thiophene rings is 1. The highest BCUT2D eigenvalue weighted by Crippen LogP contribution is 2.30. The van der Waals surface area contributed by atoms with Crippen LogP contribution < -0.4 is 5.32 Å². The molecule has 1 heterocycles. The Bertz CT molecular complexity index is 350. The van der Waals surface area contributed by atoms with E-state index in [1.165, 1.54) is 56.4 Å². The van der Waals surface area contributed by atoms with Crippen molar-refractivity contribution in [2.24, 2.45) is 5.92 Å². The molecule has 0 radical (unpaired) electrons. The summed E-state index contributed by atoms with van der Waals surface area (Å²) in [6, 6.07) is 4.98. The molecule has 2 rings (SSSR count). The van der Waals surface area contributed by atoms with Gasteiger partial charge in [0.1, 0.15) is 0 Å². The Morgan fingerprint density at radius 1 is 1.33 bits per heavy atom. The molecule has 1 aromatic heterocycles. The second-order valence-corrected chi connectivity index (χ2v) is 7.25. The SMILES string of the molecule is CCCNC1CCCCC(Cc2ccc(Cl)s2)C1. The van der Waals surface area contributed by atoms with E-state index in [4.69, 9.17) is 11.6 Å². The lowest BCUT2D eigenvalue weighted by Gasteiger charge is -2.20. The van der Waals surface area contributed by atoms with Crippen molar-refractivity contribution in [2.75, 3.05) is 6.54 Å². The van der Waals surface area contributed by atoms with Crippen molar-refractivity contribution in [2.45, 2.75) is 57.9 Å². The third kappa shape index (κ3) is 4.56. The van der Waals surface area contributed by atoms with Crippen molar-refractivity contribution in [1.29, 1.82) is 0 Å². The Morgan fingerprint density at radius 2 is 2.17 bits per heavy atom. The van der Waals surface area contributed by atoms with Crippen molar-refractivity contribution in [3.05, 3.63) is 21.3 Å². The molecule has 3 heteroatoms. The largest absolute Gasteiger partial charge is 0.314 e. The zero-order valence-electron chi connectivity index (χ0n) is 11.3. The molecule has 102 valence electrons. The van der Waals surface area contributed by atoms with Gasteiger partial charge in [-0.25, -0.2) is 0 Å². The Hall–Kier alpha value is -0.0500. The van der Waals surface area contributed by atoms with Gasteiger partial charge in [-0.1, -0.05) is 37.8 Å². The van der Waals surface area contributed by atoms with Crippen LogP contribution in [0.1, 0.15) is 50.3 Å². The lowest BCUT2D eigenvalue weighted by molar-refractivity contribution is 0.386. The van der Waals surface area contributed by atoms with Crippen LogP contribution in [0.2, 0.25) is 4.34 Å². The van der Waals surface area contributed by atoms with Crippen LogP contribution in [0.15, 0.2) is 12.1 Å². The summed E-state index contributed by atoms with van der Waals surface area (Å²) >= 11 is 7.77. The van der Waals surface area contributed by atoms with E-state index in [1.54, 1.807) is 11.3 Å². The molecule has 2 unspecified atom stereocenters. The predicted molar refractivity (Wildman–Crippen MR) is 81.7 cm³/mol. The second-order valence-electron chi connectivity index (χ2n) is 5.45. The van der Waals surface area contributed by atoms with E-state index in [2.05, 4.69) is 18.3 Å². The summed E-state index contributed by atoms with van der Waals surface area (Å²) in [5.74, 6) is 0.844. The Morgan fingerprint density at radius 3 is 2.89 bits per heavy atom. The normalized spacial score (nSPS) is 25.0. The number of rotatable bonds is 5. The van der Waals surface area contributed by atoms with E-state index < -0.39 is 0 Å². The molecule has 2 atom stereocenters. The van der Waals surface area contributed by atoms with Crippen molar-refractivity contribution in [3.8, 4) is 0 Å². The molecule has 1 nitrogen and oxygen atoms in total. The Kier molecular flexibility index (Phi) is 6.00. The topological polar surface area (TPSA) is 12.0 Å². The fourth-order valence-electron chi connectivity index (χ4n) is 2.93. The lowest BCUT2D eigenvalue weighted by Crippen LogP contribution is -2.31. The average molecular weight is 286 g/mol. The van der Waals surface area contributed by atoms with Gasteiger partial charge < -0.3 is 5.32 Å². The van der Waals surface area contributed by atoms with Gasteiger partial charge in [-0.2, -0.15) is 0 Å². The van der Waals surface area contributed by atoms with Crippen LogP contribution in [0.3, 0.4) is 0 Å². The van der Waals surface area contributed by atoms with Crippen molar-refractivity contribution in [1.82, 2.24) is 5.32 Å².